The van der Waals surface area contributed by atoms with Gasteiger partial charge in [0.15, 0.2) is 0 Å². The number of carbonyl (C=O) groups is 1. The van der Waals surface area contributed by atoms with E-state index < -0.39 is 0 Å². The topological polar surface area (TPSA) is 55.1 Å². The third-order valence-corrected chi connectivity index (χ3v) is 3.74. The second kappa shape index (κ2) is 5.11. The van der Waals surface area contributed by atoms with Crippen LogP contribution < -0.4 is 11.1 Å². The monoisotopic (exact) mass is 246 g/mol. The summed E-state index contributed by atoms with van der Waals surface area (Å²) in [5, 5.41) is 3.58. The van der Waals surface area contributed by atoms with Crippen molar-refractivity contribution in [1.29, 1.82) is 0 Å². The highest BCUT2D eigenvalue weighted by molar-refractivity contribution is 5.73. The lowest BCUT2D eigenvalue weighted by Gasteiger charge is -2.28. The van der Waals surface area contributed by atoms with E-state index in [1.807, 2.05) is 0 Å². The van der Waals surface area contributed by atoms with Crippen LogP contribution in [-0.4, -0.2) is 12.5 Å². The Morgan fingerprint density at radius 1 is 1.44 bits per heavy atom. The molecule has 1 aromatic carbocycles. The summed E-state index contributed by atoms with van der Waals surface area (Å²) >= 11 is 0. The number of nitrogens with two attached hydrogens (primary N) is 1. The van der Waals surface area contributed by atoms with E-state index in [1.54, 1.807) is 0 Å². The number of carbonyl (C=O) groups excluding carboxylic acids is 1. The maximum atomic E-state index is 10.7. The van der Waals surface area contributed by atoms with E-state index in [2.05, 4.69) is 43.4 Å². The van der Waals surface area contributed by atoms with Gasteiger partial charge in [-0.05, 0) is 35.9 Å². The number of amides is 1. The molecular formula is C15H22N2O. The van der Waals surface area contributed by atoms with Gasteiger partial charge in [0.2, 0.25) is 5.91 Å². The maximum absolute atomic E-state index is 10.7. The van der Waals surface area contributed by atoms with Gasteiger partial charge in [-0.25, -0.2) is 0 Å². The van der Waals surface area contributed by atoms with E-state index in [-0.39, 0.29) is 11.3 Å². The second-order valence-corrected chi connectivity index (χ2v) is 5.82. The first-order valence-corrected chi connectivity index (χ1v) is 6.60. The highest BCUT2D eigenvalue weighted by Gasteiger charge is 2.37. The Bertz CT molecular complexity index is 440. The van der Waals surface area contributed by atoms with Crippen LogP contribution >= 0.6 is 0 Å². The van der Waals surface area contributed by atoms with Crippen molar-refractivity contribution in [2.45, 2.75) is 39.2 Å². The smallest absolute Gasteiger partial charge is 0.217 e. The average Bonchev–Trinajstić information content (AvgIpc) is 2.54. The summed E-state index contributed by atoms with van der Waals surface area (Å²) in [5.74, 6) is -0.220. The lowest BCUT2D eigenvalue weighted by molar-refractivity contribution is -0.118. The van der Waals surface area contributed by atoms with E-state index in [0.717, 1.165) is 19.4 Å². The molecule has 0 spiro atoms. The molecule has 0 aromatic heterocycles. The number of primary amides is 1. The molecule has 1 aromatic rings. The van der Waals surface area contributed by atoms with Crippen molar-refractivity contribution in [1.82, 2.24) is 5.32 Å². The zero-order valence-corrected chi connectivity index (χ0v) is 11.2. The molecule has 3 heteroatoms. The van der Waals surface area contributed by atoms with Gasteiger partial charge in [0.1, 0.15) is 0 Å². The molecule has 0 fully saturated rings. The van der Waals surface area contributed by atoms with Crippen molar-refractivity contribution < 1.29 is 4.79 Å². The van der Waals surface area contributed by atoms with E-state index in [9.17, 15) is 4.79 Å². The van der Waals surface area contributed by atoms with E-state index >= 15 is 0 Å². The first-order chi connectivity index (χ1) is 8.50. The molecule has 0 saturated heterocycles. The molecule has 98 valence electrons. The van der Waals surface area contributed by atoms with Crippen molar-refractivity contribution in [3.63, 3.8) is 0 Å². The highest BCUT2D eigenvalue weighted by Crippen LogP contribution is 2.44. The number of hydrogen-bond acceptors (Lipinski definition) is 2. The Hall–Kier alpha value is -1.35. The summed E-state index contributed by atoms with van der Waals surface area (Å²) in [7, 11) is 0. The minimum atomic E-state index is -0.220. The summed E-state index contributed by atoms with van der Waals surface area (Å²) in [6, 6.07) is 8.99. The van der Waals surface area contributed by atoms with Crippen LogP contribution in [0.5, 0.6) is 0 Å². The molecule has 3 N–H and O–H groups in total. The molecule has 3 nitrogen and oxygen atoms in total. The van der Waals surface area contributed by atoms with Crippen LogP contribution in [0.2, 0.25) is 0 Å². The molecule has 0 radical (unpaired) electrons. The van der Waals surface area contributed by atoms with Crippen LogP contribution in [0.3, 0.4) is 0 Å². The zero-order chi connectivity index (χ0) is 13.2. The second-order valence-electron chi connectivity index (χ2n) is 5.82. The Morgan fingerprint density at radius 3 is 2.89 bits per heavy atom. The highest BCUT2D eigenvalue weighted by atomic mass is 16.1. The lowest BCUT2D eigenvalue weighted by Crippen LogP contribution is -2.32. The minimum absolute atomic E-state index is 0.220. The largest absolute Gasteiger partial charge is 0.370 e. The normalized spacial score (nSPS) is 20.7. The molecule has 0 bridgehead atoms. The summed E-state index contributed by atoms with van der Waals surface area (Å²) < 4.78 is 0. The first kappa shape index (κ1) is 13.1. The van der Waals surface area contributed by atoms with Gasteiger partial charge in [0.05, 0.1) is 0 Å². The summed E-state index contributed by atoms with van der Waals surface area (Å²) in [5.41, 5.74) is 8.23. The Labute approximate surface area is 109 Å². The SMILES string of the molecule is CC1(C)Cc2ccccc2C1NCCCC(N)=O. The van der Waals surface area contributed by atoms with Crippen LogP contribution in [-0.2, 0) is 11.2 Å². The molecule has 0 heterocycles. The first-order valence-electron chi connectivity index (χ1n) is 6.60. The van der Waals surface area contributed by atoms with Gasteiger partial charge in [-0.15, -0.1) is 0 Å². The molecule has 1 aliphatic carbocycles. The Balaban J connectivity index is 2.00. The van der Waals surface area contributed by atoms with Gasteiger partial charge >= 0.3 is 0 Å². The van der Waals surface area contributed by atoms with Crippen molar-refractivity contribution >= 4 is 5.91 Å². The number of benzene rings is 1. The fraction of sp³-hybridized carbons (Fsp3) is 0.533. The third kappa shape index (κ3) is 2.72. The molecule has 2 rings (SSSR count). The minimum Gasteiger partial charge on any atom is -0.370 e. The molecular weight excluding hydrogens is 224 g/mol. The van der Waals surface area contributed by atoms with Crippen LogP contribution in [0.1, 0.15) is 43.9 Å². The van der Waals surface area contributed by atoms with E-state index in [0.29, 0.717) is 12.5 Å². The van der Waals surface area contributed by atoms with Crippen LogP contribution in [0.15, 0.2) is 24.3 Å². The van der Waals surface area contributed by atoms with Crippen molar-refractivity contribution in [2.24, 2.45) is 11.1 Å². The number of fused-ring (bicyclic) bond motifs is 1. The standard InChI is InChI=1S/C15H22N2O/c1-15(2)10-11-6-3-4-7-12(11)14(15)17-9-5-8-13(16)18/h3-4,6-7,14,17H,5,8-10H2,1-2H3,(H2,16,18). The van der Waals surface area contributed by atoms with Crippen molar-refractivity contribution in [3.8, 4) is 0 Å². The maximum Gasteiger partial charge on any atom is 0.217 e. The Kier molecular flexibility index (Phi) is 3.71. The molecule has 0 aliphatic heterocycles. The van der Waals surface area contributed by atoms with Crippen LogP contribution in [0.25, 0.3) is 0 Å². The molecule has 1 unspecified atom stereocenters. The summed E-state index contributed by atoms with van der Waals surface area (Å²) in [4.78, 5) is 10.7. The predicted molar refractivity (Wildman–Crippen MR) is 73.1 cm³/mol. The average molecular weight is 246 g/mol. The van der Waals surface area contributed by atoms with Gasteiger partial charge in [0.25, 0.3) is 0 Å². The van der Waals surface area contributed by atoms with E-state index in [1.165, 1.54) is 11.1 Å². The summed E-state index contributed by atoms with van der Waals surface area (Å²) in [6.45, 7) is 5.42. The van der Waals surface area contributed by atoms with Gasteiger partial charge in [-0.1, -0.05) is 38.1 Å². The van der Waals surface area contributed by atoms with Gasteiger partial charge < -0.3 is 11.1 Å². The van der Waals surface area contributed by atoms with Crippen molar-refractivity contribution in [3.05, 3.63) is 35.4 Å². The molecule has 0 saturated carbocycles. The number of rotatable bonds is 5. The summed E-state index contributed by atoms with van der Waals surface area (Å²) in [6.07, 6.45) is 2.38. The fourth-order valence-corrected chi connectivity index (χ4v) is 2.89. The van der Waals surface area contributed by atoms with Crippen LogP contribution in [0.4, 0.5) is 0 Å². The predicted octanol–water partition coefficient (Wildman–Crippen LogP) is 2.17. The van der Waals surface area contributed by atoms with Crippen molar-refractivity contribution in [2.75, 3.05) is 6.54 Å². The van der Waals surface area contributed by atoms with Gasteiger partial charge in [-0.3, -0.25) is 4.79 Å². The third-order valence-electron chi connectivity index (χ3n) is 3.74. The van der Waals surface area contributed by atoms with Gasteiger partial charge in [0, 0.05) is 12.5 Å². The molecule has 1 atom stereocenters. The Morgan fingerprint density at radius 2 is 2.17 bits per heavy atom. The fourth-order valence-electron chi connectivity index (χ4n) is 2.89. The molecule has 1 aliphatic rings. The number of hydrogen-bond donors (Lipinski definition) is 2. The number of nitrogens with one attached hydrogen (secondary N) is 1. The quantitative estimate of drug-likeness (QED) is 0.782. The molecule has 18 heavy (non-hydrogen) atoms. The zero-order valence-electron chi connectivity index (χ0n) is 11.2. The molecule has 1 amide bonds. The van der Waals surface area contributed by atoms with Gasteiger partial charge in [-0.2, -0.15) is 0 Å². The van der Waals surface area contributed by atoms with Crippen LogP contribution in [0, 0.1) is 5.41 Å². The lowest BCUT2D eigenvalue weighted by atomic mass is 9.85. The van der Waals surface area contributed by atoms with E-state index in [4.69, 9.17) is 5.73 Å².